The van der Waals surface area contributed by atoms with Gasteiger partial charge in [0.05, 0.1) is 30.8 Å². The molecule has 1 heterocycles. The van der Waals surface area contributed by atoms with E-state index >= 15 is 0 Å². The number of carbonyl (C=O) groups excluding carboxylic acids is 3. The van der Waals surface area contributed by atoms with Crippen LogP contribution in [-0.2, 0) is 9.59 Å². The largest absolute Gasteiger partial charge is 0.495 e. The van der Waals surface area contributed by atoms with Crippen LogP contribution < -0.4 is 19.5 Å². The summed E-state index contributed by atoms with van der Waals surface area (Å²) in [7, 11) is 3.00. The Morgan fingerprint density at radius 2 is 1.91 bits per heavy atom. The molecule has 10 heteroatoms. The minimum Gasteiger partial charge on any atom is -0.495 e. The molecule has 8 nitrogen and oxygen atoms in total. The molecule has 0 atom stereocenters. The van der Waals surface area contributed by atoms with Crippen LogP contribution in [0.15, 0.2) is 41.3 Å². The second-order valence-electron chi connectivity index (χ2n) is 6.48. The molecule has 0 saturated carbocycles. The van der Waals surface area contributed by atoms with Crippen LogP contribution in [-0.4, -0.2) is 49.3 Å². The zero-order chi connectivity index (χ0) is 23.3. The van der Waals surface area contributed by atoms with Crippen molar-refractivity contribution in [2.45, 2.75) is 6.92 Å². The van der Waals surface area contributed by atoms with Crippen LogP contribution in [0.3, 0.4) is 0 Å². The van der Waals surface area contributed by atoms with Gasteiger partial charge in [-0.25, -0.2) is 0 Å². The summed E-state index contributed by atoms with van der Waals surface area (Å²) in [4.78, 5) is 38.7. The number of hydrogen-bond acceptors (Lipinski definition) is 7. The fourth-order valence-electron chi connectivity index (χ4n) is 2.97. The van der Waals surface area contributed by atoms with E-state index in [4.69, 9.17) is 25.8 Å². The first-order chi connectivity index (χ1) is 15.4. The fourth-order valence-corrected chi connectivity index (χ4v) is 4.06. The Morgan fingerprint density at radius 3 is 2.56 bits per heavy atom. The molecule has 2 aromatic rings. The Balaban J connectivity index is 1.75. The van der Waals surface area contributed by atoms with E-state index < -0.39 is 23.6 Å². The predicted octanol–water partition coefficient (Wildman–Crippen LogP) is 4.43. The Hall–Kier alpha value is -3.17. The number of hydrogen-bond donors (Lipinski definition) is 1. The number of amides is 3. The summed E-state index contributed by atoms with van der Waals surface area (Å²) in [5.41, 5.74) is 1.01. The topological polar surface area (TPSA) is 94.2 Å². The number of nitrogens with zero attached hydrogens (tertiary/aromatic N) is 1. The van der Waals surface area contributed by atoms with Crippen LogP contribution in [0.2, 0.25) is 5.02 Å². The molecule has 1 aliphatic rings. The number of anilines is 1. The second-order valence-corrected chi connectivity index (χ2v) is 7.88. The van der Waals surface area contributed by atoms with Gasteiger partial charge in [0, 0.05) is 11.3 Å². The van der Waals surface area contributed by atoms with Crippen molar-refractivity contribution in [3.05, 3.63) is 51.9 Å². The van der Waals surface area contributed by atoms with E-state index in [1.54, 1.807) is 36.4 Å². The highest BCUT2D eigenvalue weighted by molar-refractivity contribution is 8.18. The third-order valence-corrected chi connectivity index (χ3v) is 5.62. The first kappa shape index (κ1) is 23.5. The van der Waals surface area contributed by atoms with Gasteiger partial charge in [0.15, 0.2) is 11.5 Å². The van der Waals surface area contributed by atoms with Crippen LogP contribution in [0.25, 0.3) is 6.08 Å². The molecule has 0 spiro atoms. The Bertz CT molecular complexity index is 1090. The van der Waals surface area contributed by atoms with Gasteiger partial charge in [-0.05, 0) is 49.0 Å². The van der Waals surface area contributed by atoms with E-state index in [-0.39, 0.29) is 4.91 Å². The summed E-state index contributed by atoms with van der Waals surface area (Å²) in [6.45, 7) is 1.80. The molecule has 32 heavy (non-hydrogen) atoms. The highest BCUT2D eigenvalue weighted by Gasteiger charge is 2.36. The summed E-state index contributed by atoms with van der Waals surface area (Å²) in [5, 5.41) is 2.40. The van der Waals surface area contributed by atoms with E-state index in [0.29, 0.717) is 40.1 Å². The van der Waals surface area contributed by atoms with Gasteiger partial charge in [0.2, 0.25) is 5.91 Å². The highest BCUT2D eigenvalue weighted by atomic mass is 35.5. The van der Waals surface area contributed by atoms with Crippen molar-refractivity contribution in [3.8, 4) is 17.2 Å². The normalized spacial score (nSPS) is 14.6. The standard InChI is InChI=1S/C22H21ClN2O6S/c1-4-31-20-13(6-5-7-17(20)30-3)10-18-21(27)25(22(28)32-18)12-19(26)24-14-8-9-16(29-2)15(23)11-14/h5-11H,4,12H2,1-3H3,(H,24,26). The molecular formula is C22H21ClN2O6S. The fraction of sp³-hybridized carbons (Fsp3) is 0.227. The van der Waals surface area contributed by atoms with Crippen molar-refractivity contribution in [2.24, 2.45) is 0 Å². The second kappa shape index (κ2) is 10.4. The molecule has 3 rings (SSSR count). The molecule has 0 unspecified atom stereocenters. The zero-order valence-electron chi connectivity index (χ0n) is 17.6. The lowest BCUT2D eigenvalue weighted by Crippen LogP contribution is -2.36. The summed E-state index contributed by atoms with van der Waals surface area (Å²) in [6, 6.07) is 9.97. The summed E-state index contributed by atoms with van der Waals surface area (Å²) in [5.74, 6) is 0.347. The number of halogens is 1. The van der Waals surface area contributed by atoms with Gasteiger partial charge < -0.3 is 19.5 Å². The molecule has 1 aliphatic heterocycles. The Labute approximate surface area is 194 Å². The van der Waals surface area contributed by atoms with Gasteiger partial charge in [-0.15, -0.1) is 0 Å². The van der Waals surface area contributed by atoms with Crippen molar-refractivity contribution in [1.82, 2.24) is 4.90 Å². The molecule has 0 aromatic heterocycles. The SMILES string of the molecule is CCOc1c(C=C2SC(=O)N(CC(=O)Nc3ccc(OC)c(Cl)c3)C2=O)cccc1OC. The third kappa shape index (κ3) is 5.17. The van der Waals surface area contributed by atoms with E-state index in [1.807, 2.05) is 6.92 Å². The van der Waals surface area contributed by atoms with Crippen molar-refractivity contribution in [2.75, 3.05) is 32.7 Å². The van der Waals surface area contributed by atoms with Gasteiger partial charge in [0.25, 0.3) is 11.1 Å². The Morgan fingerprint density at radius 1 is 1.16 bits per heavy atom. The molecule has 3 amide bonds. The monoisotopic (exact) mass is 476 g/mol. The smallest absolute Gasteiger partial charge is 0.294 e. The quantitative estimate of drug-likeness (QED) is 0.563. The molecule has 0 bridgehead atoms. The number of para-hydroxylation sites is 1. The number of imide groups is 1. The number of thioether (sulfide) groups is 1. The maximum absolute atomic E-state index is 12.8. The molecule has 1 fully saturated rings. The molecule has 168 valence electrons. The average Bonchev–Trinajstić information content (AvgIpc) is 3.02. The van der Waals surface area contributed by atoms with Crippen molar-refractivity contribution >= 4 is 52.2 Å². The van der Waals surface area contributed by atoms with Crippen molar-refractivity contribution in [1.29, 1.82) is 0 Å². The number of nitrogens with one attached hydrogen (secondary N) is 1. The molecule has 1 saturated heterocycles. The number of rotatable bonds is 8. The summed E-state index contributed by atoms with van der Waals surface area (Å²) >= 11 is 6.81. The van der Waals surface area contributed by atoms with E-state index in [1.165, 1.54) is 20.3 Å². The molecule has 2 aromatic carbocycles. The number of carbonyl (C=O) groups is 3. The van der Waals surface area contributed by atoms with E-state index in [2.05, 4.69) is 5.32 Å². The first-order valence-electron chi connectivity index (χ1n) is 9.56. The van der Waals surface area contributed by atoms with Gasteiger partial charge in [0.1, 0.15) is 12.3 Å². The minimum absolute atomic E-state index is 0.185. The zero-order valence-corrected chi connectivity index (χ0v) is 19.2. The lowest BCUT2D eigenvalue weighted by Gasteiger charge is -2.13. The third-order valence-electron chi connectivity index (χ3n) is 4.42. The predicted molar refractivity (Wildman–Crippen MR) is 123 cm³/mol. The van der Waals surface area contributed by atoms with E-state index in [0.717, 1.165) is 16.7 Å². The van der Waals surface area contributed by atoms with Gasteiger partial charge in [-0.2, -0.15) is 0 Å². The summed E-state index contributed by atoms with van der Waals surface area (Å²) in [6.07, 6.45) is 1.56. The van der Waals surface area contributed by atoms with Gasteiger partial charge >= 0.3 is 0 Å². The van der Waals surface area contributed by atoms with Crippen LogP contribution in [0.5, 0.6) is 17.2 Å². The number of ether oxygens (including phenoxy) is 3. The minimum atomic E-state index is -0.562. The van der Waals surface area contributed by atoms with Crippen LogP contribution in [0.1, 0.15) is 12.5 Å². The lowest BCUT2D eigenvalue weighted by molar-refractivity contribution is -0.127. The molecule has 0 aliphatic carbocycles. The Kier molecular flexibility index (Phi) is 7.66. The van der Waals surface area contributed by atoms with Crippen LogP contribution in [0.4, 0.5) is 10.5 Å². The van der Waals surface area contributed by atoms with Crippen LogP contribution >= 0.6 is 23.4 Å². The maximum Gasteiger partial charge on any atom is 0.294 e. The van der Waals surface area contributed by atoms with Gasteiger partial charge in [-0.1, -0.05) is 23.7 Å². The average molecular weight is 477 g/mol. The molecular weight excluding hydrogens is 456 g/mol. The highest BCUT2D eigenvalue weighted by Crippen LogP contribution is 2.37. The van der Waals surface area contributed by atoms with Crippen LogP contribution in [0, 0.1) is 0 Å². The number of methoxy groups -OCH3 is 2. The van der Waals surface area contributed by atoms with Gasteiger partial charge in [-0.3, -0.25) is 19.3 Å². The van der Waals surface area contributed by atoms with Crippen molar-refractivity contribution < 1.29 is 28.6 Å². The molecule has 0 radical (unpaired) electrons. The first-order valence-corrected chi connectivity index (χ1v) is 10.8. The summed E-state index contributed by atoms with van der Waals surface area (Å²) < 4.78 is 16.0. The number of benzene rings is 2. The maximum atomic E-state index is 12.8. The van der Waals surface area contributed by atoms with E-state index in [9.17, 15) is 14.4 Å². The molecule has 1 N–H and O–H groups in total. The van der Waals surface area contributed by atoms with Crippen molar-refractivity contribution in [3.63, 3.8) is 0 Å². The lowest BCUT2D eigenvalue weighted by atomic mass is 10.1.